The second-order valence-electron chi connectivity index (χ2n) is 3.27. The van der Waals surface area contributed by atoms with Crippen LogP contribution in [0.4, 0.5) is 10.5 Å². The van der Waals surface area contributed by atoms with Crippen molar-refractivity contribution in [1.82, 2.24) is 9.55 Å². The molecule has 0 spiro atoms. The molecule has 4 heteroatoms. The van der Waals surface area contributed by atoms with Gasteiger partial charge in [-0.05, 0) is 12.1 Å². The fraction of sp³-hybridized carbons (Fsp3) is 0. The number of amides is 1. The summed E-state index contributed by atoms with van der Waals surface area (Å²) in [6.07, 6.45) is 5.01. The second-order valence-corrected chi connectivity index (χ2v) is 3.27. The maximum Gasteiger partial charge on any atom is 0.509 e. The van der Waals surface area contributed by atoms with Crippen molar-refractivity contribution in [3.05, 3.63) is 48.5 Å². The molecule has 4 nitrogen and oxygen atoms in total. The molecule has 0 fully saturated rings. The Hall–Kier alpha value is -2.23. The standard InChI is InChI=1S/C11H8N3O/c15-11-13-7-6-12-10(13)8-14(11)9-4-2-1-3-5-9/h1-8H/q+1. The predicted molar refractivity (Wildman–Crippen MR) is 54.5 cm³/mol. The Balaban J connectivity index is 2.12. The molecule has 1 amide bonds. The highest BCUT2D eigenvalue weighted by Gasteiger charge is 2.31. The van der Waals surface area contributed by atoms with Gasteiger partial charge in [-0.25, -0.2) is 4.98 Å². The zero-order valence-electron chi connectivity index (χ0n) is 7.87. The van der Waals surface area contributed by atoms with Crippen molar-refractivity contribution in [2.24, 2.45) is 0 Å². The number of carbonyl (C=O) groups excluding carboxylic acids is 1. The van der Waals surface area contributed by atoms with E-state index in [0.29, 0.717) is 5.82 Å². The maximum atomic E-state index is 11.9. The van der Waals surface area contributed by atoms with Crippen LogP contribution in [-0.4, -0.2) is 26.4 Å². The largest absolute Gasteiger partial charge is 0.509 e. The summed E-state index contributed by atoms with van der Waals surface area (Å²) in [6, 6.07) is 9.41. The van der Waals surface area contributed by atoms with Gasteiger partial charge in [0.2, 0.25) is 0 Å². The molecule has 0 unspecified atom stereocenters. The van der Waals surface area contributed by atoms with Crippen molar-refractivity contribution in [3.63, 3.8) is 0 Å². The number of para-hydroxylation sites is 1. The summed E-state index contributed by atoms with van der Waals surface area (Å²) >= 11 is 0. The Labute approximate surface area is 86.1 Å². The van der Waals surface area contributed by atoms with Crippen LogP contribution in [0.1, 0.15) is 5.82 Å². The van der Waals surface area contributed by atoms with E-state index < -0.39 is 0 Å². The van der Waals surface area contributed by atoms with Gasteiger partial charge in [-0.3, -0.25) is 0 Å². The number of benzene rings is 1. The molecule has 2 aromatic rings. The molecule has 0 atom stereocenters. The van der Waals surface area contributed by atoms with Crippen molar-refractivity contribution >= 4 is 17.9 Å². The van der Waals surface area contributed by atoms with Gasteiger partial charge in [0.25, 0.3) is 5.82 Å². The van der Waals surface area contributed by atoms with E-state index in [9.17, 15) is 4.79 Å². The number of fused-ring (bicyclic) bond motifs is 1. The van der Waals surface area contributed by atoms with Crippen molar-refractivity contribution in [2.45, 2.75) is 0 Å². The molecule has 0 aliphatic carbocycles. The van der Waals surface area contributed by atoms with Crippen molar-refractivity contribution in [1.29, 1.82) is 0 Å². The Morgan fingerprint density at radius 3 is 2.73 bits per heavy atom. The van der Waals surface area contributed by atoms with E-state index in [2.05, 4.69) is 4.98 Å². The zero-order valence-corrected chi connectivity index (χ0v) is 7.87. The lowest BCUT2D eigenvalue weighted by atomic mass is 10.3. The molecule has 0 bridgehead atoms. The Bertz CT molecular complexity index is 554. The Morgan fingerprint density at radius 1 is 1.20 bits per heavy atom. The molecule has 1 aromatic heterocycles. The topological polar surface area (TPSA) is 37.9 Å². The van der Waals surface area contributed by atoms with Gasteiger partial charge in [-0.2, -0.15) is 9.37 Å². The summed E-state index contributed by atoms with van der Waals surface area (Å²) in [5.41, 5.74) is 0.855. The molecule has 3 rings (SSSR count). The Morgan fingerprint density at radius 2 is 2.00 bits per heavy atom. The first-order valence-electron chi connectivity index (χ1n) is 4.63. The molecule has 72 valence electrons. The minimum Gasteiger partial charge on any atom is -0.210 e. The second kappa shape index (κ2) is 2.88. The number of nitrogens with zero attached hydrogens (tertiary/aromatic N) is 3. The molecule has 1 aromatic carbocycles. The van der Waals surface area contributed by atoms with E-state index in [0.717, 1.165) is 5.69 Å². The highest BCUT2D eigenvalue weighted by molar-refractivity contribution is 5.90. The molecule has 1 aliphatic heterocycles. The monoisotopic (exact) mass is 198 g/mol. The smallest absolute Gasteiger partial charge is 0.210 e. The summed E-state index contributed by atoms with van der Waals surface area (Å²) in [6.45, 7) is 0. The highest BCUT2D eigenvalue weighted by atomic mass is 16.2. The first kappa shape index (κ1) is 8.11. The van der Waals surface area contributed by atoms with E-state index in [4.69, 9.17) is 0 Å². The van der Waals surface area contributed by atoms with Crippen LogP contribution in [0.2, 0.25) is 0 Å². The number of carbonyl (C=O) groups is 1. The molecule has 0 radical (unpaired) electrons. The van der Waals surface area contributed by atoms with Crippen LogP contribution in [0.25, 0.3) is 0 Å². The first-order chi connectivity index (χ1) is 7.36. The average Bonchev–Trinajstić information content (AvgIpc) is 2.83. The molecule has 0 N–H and O–H groups in total. The average molecular weight is 198 g/mol. The van der Waals surface area contributed by atoms with E-state index in [-0.39, 0.29) is 6.03 Å². The summed E-state index contributed by atoms with van der Waals surface area (Å²) in [4.78, 5) is 15.9. The maximum absolute atomic E-state index is 11.9. The number of rotatable bonds is 1. The van der Waals surface area contributed by atoms with Crippen LogP contribution in [0.5, 0.6) is 0 Å². The molecule has 2 heterocycles. The molecule has 1 aliphatic rings. The van der Waals surface area contributed by atoms with Crippen LogP contribution >= 0.6 is 0 Å². The normalized spacial score (nSPS) is 13.9. The van der Waals surface area contributed by atoms with Crippen LogP contribution in [0.15, 0.2) is 42.7 Å². The van der Waals surface area contributed by atoms with Gasteiger partial charge in [-0.1, -0.05) is 18.2 Å². The van der Waals surface area contributed by atoms with Crippen molar-refractivity contribution < 1.29 is 9.37 Å². The molecule has 15 heavy (non-hydrogen) atoms. The van der Waals surface area contributed by atoms with Gasteiger partial charge >= 0.3 is 6.03 Å². The van der Waals surface area contributed by atoms with Gasteiger partial charge in [0.1, 0.15) is 11.9 Å². The van der Waals surface area contributed by atoms with Crippen molar-refractivity contribution in [3.8, 4) is 0 Å². The molecular weight excluding hydrogens is 190 g/mol. The fourth-order valence-electron chi connectivity index (χ4n) is 1.63. The number of hydrogen-bond donors (Lipinski definition) is 0. The van der Waals surface area contributed by atoms with E-state index >= 15 is 0 Å². The lowest BCUT2D eigenvalue weighted by molar-refractivity contribution is -0.321. The van der Waals surface area contributed by atoms with Gasteiger partial charge < -0.3 is 0 Å². The van der Waals surface area contributed by atoms with Gasteiger partial charge in [0.15, 0.2) is 6.21 Å². The van der Waals surface area contributed by atoms with E-state index in [1.165, 1.54) is 4.57 Å². The first-order valence-corrected chi connectivity index (χ1v) is 4.63. The molecule has 0 saturated carbocycles. The minimum absolute atomic E-state index is 0.0892. The van der Waals surface area contributed by atoms with Crippen LogP contribution in [0, 0.1) is 0 Å². The fourth-order valence-corrected chi connectivity index (χ4v) is 1.63. The Kier molecular flexibility index (Phi) is 1.56. The highest BCUT2D eigenvalue weighted by Crippen LogP contribution is 2.16. The quantitative estimate of drug-likeness (QED) is 0.653. The summed E-state index contributed by atoms with van der Waals surface area (Å²) in [5, 5.41) is 0. The third-order valence-electron chi connectivity index (χ3n) is 2.36. The SMILES string of the molecule is O=C1n2ccnc2C=[N+]1c1ccccc1. The number of imidazole rings is 1. The number of aromatic nitrogens is 2. The van der Waals surface area contributed by atoms with E-state index in [1.54, 1.807) is 23.2 Å². The predicted octanol–water partition coefficient (Wildman–Crippen LogP) is 1.63. The molecule has 0 saturated heterocycles. The third kappa shape index (κ3) is 1.11. The van der Waals surface area contributed by atoms with Crippen LogP contribution in [-0.2, 0) is 0 Å². The zero-order chi connectivity index (χ0) is 10.3. The van der Waals surface area contributed by atoms with Crippen LogP contribution < -0.4 is 0 Å². The lowest BCUT2D eigenvalue weighted by Gasteiger charge is -1.96. The van der Waals surface area contributed by atoms with Gasteiger partial charge in [0.05, 0.1) is 6.20 Å². The van der Waals surface area contributed by atoms with Gasteiger partial charge in [0, 0.05) is 0 Å². The van der Waals surface area contributed by atoms with E-state index in [1.807, 2.05) is 30.3 Å². The molecular formula is C11H8N3O+. The number of hydrogen-bond acceptors (Lipinski definition) is 2. The summed E-state index contributed by atoms with van der Waals surface area (Å²) in [5.74, 6) is 0.670. The third-order valence-corrected chi connectivity index (χ3v) is 2.36. The summed E-state index contributed by atoms with van der Waals surface area (Å²) in [7, 11) is 0. The van der Waals surface area contributed by atoms with Gasteiger partial charge in [-0.15, -0.1) is 4.57 Å². The van der Waals surface area contributed by atoms with Crippen LogP contribution in [0.3, 0.4) is 0 Å². The summed E-state index contributed by atoms with van der Waals surface area (Å²) < 4.78 is 3.11. The minimum atomic E-state index is -0.0892. The van der Waals surface area contributed by atoms with Crippen molar-refractivity contribution in [2.75, 3.05) is 0 Å². The lowest BCUT2D eigenvalue weighted by Crippen LogP contribution is -2.15.